The van der Waals surface area contributed by atoms with E-state index in [0.717, 1.165) is 0 Å². The lowest BCUT2D eigenvalue weighted by Gasteiger charge is -2.42. The molecule has 0 radical (unpaired) electrons. The second kappa shape index (κ2) is 5.02. The third kappa shape index (κ3) is 2.54. The van der Waals surface area contributed by atoms with Gasteiger partial charge in [-0.3, -0.25) is 0 Å². The predicted octanol–water partition coefficient (Wildman–Crippen LogP) is -2.01. The van der Waals surface area contributed by atoms with E-state index in [1.807, 2.05) is 0 Å². The van der Waals surface area contributed by atoms with Crippen LogP contribution in [0.4, 0.5) is 0 Å². The molecule has 1 aliphatic heterocycles. The Morgan fingerprint density at radius 3 is 2.73 bits per heavy atom. The average molecular weight is 220 g/mol. The molecule has 88 valence electrons. The SMILES string of the molecule is C=CCO[C@H]1[C@H](O)[C@H](O)CO[C@]1(O)CO. The topological polar surface area (TPSA) is 99.4 Å². The van der Waals surface area contributed by atoms with Gasteiger partial charge in [-0.05, 0) is 0 Å². The second-order valence-electron chi connectivity index (χ2n) is 3.41. The summed E-state index contributed by atoms with van der Waals surface area (Å²) in [6.07, 6.45) is -2.24. The number of aliphatic hydroxyl groups excluding tert-OH is 3. The molecule has 1 aliphatic rings. The Morgan fingerprint density at radius 2 is 2.20 bits per heavy atom. The van der Waals surface area contributed by atoms with Gasteiger partial charge in [0.2, 0.25) is 5.79 Å². The van der Waals surface area contributed by atoms with Crippen LogP contribution in [0.25, 0.3) is 0 Å². The fourth-order valence-electron chi connectivity index (χ4n) is 1.42. The molecular weight excluding hydrogens is 204 g/mol. The van der Waals surface area contributed by atoms with Gasteiger partial charge in [0.05, 0.1) is 19.8 Å². The molecular formula is C9H16O6. The molecule has 1 saturated heterocycles. The monoisotopic (exact) mass is 220 g/mol. The van der Waals surface area contributed by atoms with Gasteiger partial charge in [-0.15, -0.1) is 6.58 Å². The van der Waals surface area contributed by atoms with Crippen molar-refractivity contribution in [2.24, 2.45) is 0 Å². The lowest BCUT2D eigenvalue weighted by Crippen LogP contribution is -2.63. The van der Waals surface area contributed by atoms with E-state index in [1.165, 1.54) is 6.08 Å². The van der Waals surface area contributed by atoms with Crippen molar-refractivity contribution in [3.8, 4) is 0 Å². The summed E-state index contributed by atoms with van der Waals surface area (Å²) in [7, 11) is 0. The van der Waals surface area contributed by atoms with Gasteiger partial charge in [0.15, 0.2) is 0 Å². The molecule has 0 aliphatic carbocycles. The number of aliphatic hydroxyl groups is 4. The van der Waals surface area contributed by atoms with Crippen LogP contribution in [0.15, 0.2) is 12.7 Å². The van der Waals surface area contributed by atoms with E-state index < -0.39 is 30.7 Å². The molecule has 0 aromatic heterocycles. The molecule has 6 nitrogen and oxygen atoms in total. The van der Waals surface area contributed by atoms with E-state index in [2.05, 4.69) is 6.58 Å². The summed E-state index contributed by atoms with van der Waals surface area (Å²) in [5.41, 5.74) is 0. The van der Waals surface area contributed by atoms with E-state index in [4.69, 9.17) is 14.6 Å². The molecule has 0 bridgehead atoms. The van der Waals surface area contributed by atoms with E-state index in [9.17, 15) is 15.3 Å². The van der Waals surface area contributed by atoms with Gasteiger partial charge < -0.3 is 29.9 Å². The van der Waals surface area contributed by atoms with Gasteiger partial charge in [-0.1, -0.05) is 6.08 Å². The molecule has 0 amide bonds. The molecule has 0 aromatic rings. The zero-order valence-corrected chi connectivity index (χ0v) is 8.24. The Bertz CT molecular complexity index is 221. The first-order valence-electron chi connectivity index (χ1n) is 4.61. The number of hydrogen-bond acceptors (Lipinski definition) is 6. The Hall–Kier alpha value is -0.500. The highest BCUT2D eigenvalue weighted by atomic mass is 16.7. The Balaban J connectivity index is 2.74. The summed E-state index contributed by atoms with van der Waals surface area (Å²) in [6.45, 7) is 2.50. The smallest absolute Gasteiger partial charge is 0.219 e. The Kier molecular flexibility index (Phi) is 4.21. The quantitative estimate of drug-likeness (QED) is 0.409. The summed E-state index contributed by atoms with van der Waals surface area (Å²) in [4.78, 5) is 0. The van der Waals surface area contributed by atoms with Gasteiger partial charge in [0.25, 0.3) is 0 Å². The molecule has 0 aromatic carbocycles. The highest BCUT2D eigenvalue weighted by Crippen LogP contribution is 2.26. The molecule has 0 spiro atoms. The summed E-state index contributed by atoms with van der Waals surface area (Å²) in [5, 5.41) is 37.6. The first-order chi connectivity index (χ1) is 7.05. The van der Waals surface area contributed by atoms with Crippen LogP contribution >= 0.6 is 0 Å². The zero-order chi connectivity index (χ0) is 11.5. The largest absolute Gasteiger partial charge is 0.391 e. The molecule has 4 N–H and O–H groups in total. The molecule has 1 fully saturated rings. The maximum absolute atomic E-state index is 9.75. The van der Waals surface area contributed by atoms with E-state index in [1.54, 1.807) is 0 Å². The average Bonchev–Trinajstić information content (AvgIpc) is 2.24. The fraction of sp³-hybridized carbons (Fsp3) is 0.778. The Labute approximate surface area is 87.4 Å². The van der Waals surface area contributed by atoms with Crippen LogP contribution in [0.5, 0.6) is 0 Å². The first-order valence-corrected chi connectivity index (χ1v) is 4.61. The van der Waals surface area contributed by atoms with E-state index in [-0.39, 0.29) is 13.2 Å². The van der Waals surface area contributed by atoms with Crippen LogP contribution in [0.3, 0.4) is 0 Å². The van der Waals surface area contributed by atoms with Gasteiger partial charge in [-0.25, -0.2) is 0 Å². The molecule has 0 saturated carbocycles. The maximum Gasteiger partial charge on any atom is 0.219 e. The molecule has 15 heavy (non-hydrogen) atoms. The molecule has 1 rings (SSSR count). The normalized spacial score (nSPS) is 41.5. The van der Waals surface area contributed by atoms with Gasteiger partial charge in [-0.2, -0.15) is 0 Å². The van der Waals surface area contributed by atoms with Crippen LogP contribution in [-0.2, 0) is 9.47 Å². The summed E-state index contributed by atoms with van der Waals surface area (Å²) >= 11 is 0. The lowest BCUT2D eigenvalue weighted by atomic mass is 9.97. The van der Waals surface area contributed by atoms with Crippen molar-refractivity contribution >= 4 is 0 Å². The zero-order valence-electron chi connectivity index (χ0n) is 8.24. The van der Waals surface area contributed by atoms with Crippen molar-refractivity contribution in [3.63, 3.8) is 0 Å². The third-order valence-electron chi connectivity index (χ3n) is 2.27. The highest BCUT2D eigenvalue weighted by molar-refractivity contribution is 4.93. The summed E-state index contributed by atoms with van der Waals surface area (Å²) in [6, 6.07) is 0. The van der Waals surface area contributed by atoms with Gasteiger partial charge in [0.1, 0.15) is 18.3 Å². The van der Waals surface area contributed by atoms with Crippen molar-refractivity contribution in [3.05, 3.63) is 12.7 Å². The maximum atomic E-state index is 9.75. The highest BCUT2D eigenvalue weighted by Gasteiger charge is 2.49. The minimum absolute atomic E-state index is 0.0696. The molecule has 0 unspecified atom stereocenters. The van der Waals surface area contributed by atoms with Crippen LogP contribution in [0.2, 0.25) is 0 Å². The molecule has 4 atom stereocenters. The first kappa shape index (κ1) is 12.6. The van der Waals surface area contributed by atoms with Gasteiger partial charge >= 0.3 is 0 Å². The van der Waals surface area contributed by atoms with Crippen LogP contribution in [-0.4, -0.2) is 64.3 Å². The van der Waals surface area contributed by atoms with Crippen molar-refractivity contribution in [1.82, 2.24) is 0 Å². The third-order valence-corrected chi connectivity index (χ3v) is 2.27. The van der Waals surface area contributed by atoms with Crippen molar-refractivity contribution in [1.29, 1.82) is 0 Å². The van der Waals surface area contributed by atoms with E-state index >= 15 is 0 Å². The van der Waals surface area contributed by atoms with Crippen molar-refractivity contribution in [2.75, 3.05) is 19.8 Å². The fourth-order valence-corrected chi connectivity index (χ4v) is 1.42. The predicted molar refractivity (Wildman–Crippen MR) is 49.9 cm³/mol. The van der Waals surface area contributed by atoms with Crippen LogP contribution in [0.1, 0.15) is 0 Å². The molecule has 6 heteroatoms. The lowest BCUT2D eigenvalue weighted by molar-refractivity contribution is -0.338. The summed E-state index contributed by atoms with van der Waals surface area (Å²) < 4.78 is 9.90. The number of ether oxygens (including phenoxy) is 2. The van der Waals surface area contributed by atoms with Gasteiger partial charge in [0, 0.05) is 0 Å². The molecule has 1 heterocycles. The standard InChI is InChI=1S/C9H16O6/c1-2-3-14-8-7(12)6(11)4-15-9(8,13)5-10/h2,6-8,10-13H,1,3-5H2/t6-,7-,8+,9-/m1/s1. The minimum atomic E-state index is -1.98. The number of rotatable bonds is 4. The van der Waals surface area contributed by atoms with Crippen molar-refractivity contribution < 1.29 is 29.9 Å². The Morgan fingerprint density at radius 1 is 1.53 bits per heavy atom. The second-order valence-corrected chi connectivity index (χ2v) is 3.41. The number of hydrogen-bond donors (Lipinski definition) is 4. The van der Waals surface area contributed by atoms with Crippen LogP contribution < -0.4 is 0 Å². The summed E-state index contributed by atoms with van der Waals surface area (Å²) in [5.74, 6) is -1.98. The van der Waals surface area contributed by atoms with E-state index in [0.29, 0.717) is 0 Å². The van der Waals surface area contributed by atoms with Crippen LogP contribution in [0, 0.1) is 0 Å². The van der Waals surface area contributed by atoms with Crippen molar-refractivity contribution in [2.45, 2.75) is 24.1 Å². The minimum Gasteiger partial charge on any atom is -0.391 e.